The van der Waals surface area contributed by atoms with Gasteiger partial charge in [-0.1, -0.05) is 48.0 Å². The summed E-state index contributed by atoms with van der Waals surface area (Å²) in [6, 6.07) is 16.1. The van der Waals surface area contributed by atoms with E-state index in [0.29, 0.717) is 5.82 Å². The maximum Gasteiger partial charge on any atom is 0.223 e. The monoisotopic (exact) mass is 366 g/mol. The molecule has 6 nitrogen and oxygen atoms in total. The molecule has 1 aromatic heterocycles. The molecule has 2 heterocycles. The number of fused-ring (bicyclic) bond motifs is 1. The van der Waals surface area contributed by atoms with Crippen molar-refractivity contribution in [3.8, 4) is 11.1 Å². The van der Waals surface area contributed by atoms with Crippen LogP contribution < -0.4 is 5.43 Å². The van der Waals surface area contributed by atoms with Gasteiger partial charge in [-0.25, -0.2) is 13.1 Å². The summed E-state index contributed by atoms with van der Waals surface area (Å²) in [6.07, 6.45) is 1.73. The van der Waals surface area contributed by atoms with E-state index in [-0.39, 0.29) is 9.94 Å². The molecule has 0 aliphatic carbocycles. The van der Waals surface area contributed by atoms with E-state index >= 15 is 0 Å². The number of nitrogens with one attached hydrogen (secondary N) is 1. The molecule has 1 N–H and O–H groups in total. The van der Waals surface area contributed by atoms with Crippen molar-refractivity contribution in [2.75, 3.05) is 5.43 Å². The van der Waals surface area contributed by atoms with Crippen molar-refractivity contribution >= 4 is 20.7 Å². The lowest BCUT2D eigenvalue weighted by atomic mass is 10.1. The SMILES string of the molecule is Cc1ccc(S(=O)(=O)C2=NNc3c(-c4ccccc4)cnn3C2C)cc1. The van der Waals surface area contributed by atoms with Gasteiger partial charge in [-0.3, -0.25) is 5.43 Å². The number of hydrazone groups is 1. The molecule has 1 aliphatic heterocycles. The number of anilines is 1. The van der Waals surface area contributed by atoms with E-state index in [9.17, 15) is 8.42 Å². The molecule has 3 aromatic rings. The van der Waals surface area contributed by atoms with Gasteiger partial charge in [0.15, 0.2) is 10.9 Å². The van der Waals surface area contributed by atoms with Crippen LogP contribution in [0.2, 0.25) is 0 Å². The first-order chi connectivity index (χ1) is 12.5. The quantitative estimate of drug-likeness (QED) is 0.751. The highest BCUT2D eigenvalue weighted by molar-refractivity contribution is 8.06. The van der Waals surface area contributed by atoms with Crippen LogP contribution >= 0.6 is 0 Å². The Hall–Kier alpha value is -2.93. The maximum atomic E-state index is 13.0. The lowest BCUT2D eigenvalue weighted by molar-refractivity contribution is 0.585. The van der Waals surface area contributed by atoms with Crippen molar-refractivity contribution in [2.24, 2.45) is 5.10 Å². The van der Waals surface area contributed by atoms with Gasteiger partial charge in [-0.05, 0) is 31.5 Å². The Balaban J connectivity index is 1.74. The molecule has 0 fully saturated rings. The zero-order valence-electron chi connectivity index (χ0n) is 14.4. The molecule has 7 heteroatoms. The molecule has 0 radical (unpaired) electrons. The first kappa shape index (κ1) is 16.5. The highest BCUT2D eigenvalue weighted by Gasteiger charge is 2.34. The van der Waals surface area contributed by atoms with Crippen LogP contribution in [0, 0.1) is 6.92 Å². The van der Waals surface area contributed by atoms with Crippen molar-refractivity contribution in [1.82, 2.24) is 9.78 Å². The molecule has 1 aliphatic rings. The van der Waals surface area contributed by atoms with Crippen molar-refractivity contribution in [2.45, 2.75) is 24.8 Å². The first-order valence-corrected chi connectivity index (χ1v) is 9.75. The zero-order valence-corrected chi connectivity index (χ0v) is 15.2. The molecule has 0 saturated carbocycles. The molecule has 132 valence electrons. The highest BCUT2D eigenvalue weighted by atomic mass is 32.2. The minimum absolute atomic E-state index is 0.0524. The molecule has 1 unspecified atom stereocenters. The summed E-state index contributed by atoms with van der Waals surface area (Å²) in [7, 11) is -3.70. The van der Waals surface area contributed by atoms with Crippen molar-refractivity contribution in [3.63, 3.8) is 0 Å². The number of hydrogen-bond donors (Lipinski definition) is 1. The van der Waals surface area contributed by atoms with Gasteiger partial charge >= 0.3 is 0 Å². The predicted octanol–water partition coefficient (Wildman–Crippen LogP) is 3.63. The normalized spacial score (nSPS) is 16.5. The predicted molar refractivity (Wildman–Crippen MR) is 102 cm³/mol. The third kappa shape index (κ3) is 2.61. The second-order valence-electron chi connectivity index (χ2n) is 6.27. The summed E-state index contributed by atoms with van der Waals surface area (Å²) in [5, 5.41) is 8.65. The van der Waals surface area contributed by atoms with Crippen LogP contribution in [0.1, 0.15) is 18.5 Å². The van der Waals surface area contributed by atoms with Crippen molar-refractivity contribution in [3.05, 3.63) is 66.4 Å². The number of nitrogens with zero attached hydrogens (tertiary/aromatic N) is 3. The van der Waals surface area contributed by atoms with Gasteiger partial charge in [0.2, 0.25) is 9.84 Å². The summed E-state index contributed by atoms with van der Waals surface area (Å²) >= 11 is 0. The molecular weight excluding hydrogens is 348 g/mol. The Morgan fingerprint density at radius 3 is 2.42 bits per heavy atom. The number of rotatable bonds is 2. The lowest BCUT2D eigenvalue weighted by Gasteiger charge is -2.23. The first-order valence-electron chi connectivity index (χ1n) is 8.27. The van der Waals surface area contributed by atoms with E-state index in [2.05, 4.69) is 15.6 Å². The second kappa shape index (κ2) is 6.10. The van der Waals surface area contributed by atoms with Crippen LogP contribution in [0.25, 0.3) is 11.1 Å². The summed E-state index contributed by atoms with van der Waals surface area (Å²) in [5.41, 5.74) is 5.77. The van der Waals surface area contributed by atoms with Crippen molar-refractivity contribution in [1.29, 1.82) is 0 Å². The Kier molecular flexibility index (Phi) is 3.88. The molecule has 0 saturated heterocycles. The summed E-state index contributed by atoms with van der Waals surface area (Å²) < 4.78 is 27.6. The van der Waals surface area contributed by atoms with Crippen LogP contribution in [0.4, 0.5) is 5.82 Å². The third-order valence-electron chi connectivity index (χ3n) is 4.48. The minimum Gasteiger partial charge on any atom is -0.260 e. The maximum absolute atomic E-state index is 13.0. The number of hydrogen-bond acceptors (Lipinski definition) is 5. The van der Waals surface area contributed by atoms with E-state index < -0.39 is 15.9 Å². The van der Waals surface area contributed by atoms with E-state index in [1.165, 1.54) is 0 Å². The second-order valence-corrected chi connectivity index (χ2v) is 8.17. The molecule has 1 atom stereocenters. The average Bonchev–Trinajstić information content (AvgIpc) is 3.08. The van der Waals surface area contributed by atoms with Crippen LogP contribution in [-0.4, -0.2) is 23.2 Å². The molecule has 0 amide bonds. The Morgan fingerprint density at radius 1 is 1.04 bits per heavy atom. The number of sulfone groups is 1. The molecule has 26 heavy (non-hydrogen) atoms. The van der Waals surface area contributed by atoms with Gasteiger partial charge in [0.1, 0.15) is 6.04 Å². The number of benzene rings is 2. The summed E-state index contributed by atoms with van der Waals surface area (Å²) in [5.74, 6) is 0.687. The smallest absolute Gasteiger partial charge is 0.223 e. The largest absolute Gasteiger partial charge is 0.260 e. The standard InChI is InChI=1S/C19H18N4O2S/c1-13-8-10-16(11-9-13)26(24,25)19-14(2)23-18(21-22-19)17(12-20-23)15-6-4-3-5-7-15/h3-12,14,21H,1-2H3. The number of aromatic nitrogens is 2. The molecule has 2 aromatic carbocycles. The number of aryl methyl sites for hydroxylation is 1. The topological polar surface area (TPSA) is 76.3 Å². The van der Waals surface area contributed by atoms with Crippen LogP contribution in [0.5, 0.6) is 0 Å². The van der Waals surface area contributed by atoms with E-state index in [1.54, 1.807) is 42.1 Å². The minimum atomic E-state index is -3.70. The van der Waals surface area contributed by atoms with Crippen LogP contribution in [-0.2, 0) is 9.84 Å². The lowest BCUT2D eigenvalue weighted by Crippen LogP contribution is -2.31. The zero-order chi connectivity index (χ0) is 18.3. The van der Waals surface area contributed by atoms with Gasteiger partial charge in [0.05, 0.1) is 11.1 Å². The van der Waals surface area contributed by atoms with E-state index in [1.807, 2.05) is 37.3 Å². The van der Waals surface area contributed by atoms with Crippen molar-refractivity contribution < 1.29 is 8.42 Å². The fraction of sp³-hybridized carbons (Fsp3) is 0.158. The Morgan fingerprint density at radius 2 is 1.73 bits per heavy atom. The highest BCUT2D eigenvalue weighted by Crippen LogP contribution is 2.34. The van der Waals surface area contributed by atoms with Gasteiger partial charge < -0.3 is 0 Å². The van der Waals surface area contributed by atoms with E-state index in [0.717, 1.165) is 16.7 Å². The third-order valence-corrected chi connectivity index (χ3v) is 6.36. The molecule has 4 rings (SSSR count). The fourth-order valence-corrected chi connectivity index (χ4v) is 4.48. The van der Waals surface area contributed by atoms with Crippen LogP contribution in [0.3, 0.4) is 0 Å². The fourth-order valence-electron chi connectivity index (χ4n) is 3.03. The van der Waals surface area contributed by atoms with Gasteiger partial charge in [-0.2, -0.15) is 10.2 Å². The molecular formula is C19H18N4O2S. The summed E-state index contributed by atoms with van der Waals surface area (Å²) in [4.78, 5) is 0.231. The average molecular weight is 366 g/mol. The Bertz CT molecular complexity index is 1080. The summed E-state index contributed by atoms with van der Waals surface area (Å²) in [6.45, 7) is 3.70. The van der Waals surface area contributed by atoms with Gasteiger partial charge in [0, 0.05) is 5.56 Å². The van der Waals surface area contributed by atoms with Gasteiger partial charge in [0.25, 0.3) is 0 Å². The van der Waals surface area contributed by atoms with Crippen LogP contribution in [0.15, 0.2) is 70.8 Å². The van der Waals surface area contributed by atoms with E-state index in [4.69, 9.17) is 0 Å². The Labute approximate surface area is 152 Å². The van der Waals surface area contributed by atoms with Gasteiger partial charge in [-0.15, -0.1) is 0 Å². The molecule has 0 bridgehead atoms. The molecule has 0 spiro atoms.